The first-order chi connectivity index (χ1) is 11.3. The number of ether oxygens (including phenoxy) is 2. The summed E-state index contributed by atoms with van der Waals surface area (Å²) in [6, 6.07) is 9.26. The van der Waals surface area contributed by atoms with Gasteiger partial charge in [0, 0.05) is 6.26 Å². The molecule has 0 fully saturated rings. The average Bonchev–Trinajstić information content (AvgIpc) is 2.53. The van der Waals surface area contributed by atoms with Crippen LogP contribution in [0.5, 0.6) is 17.2 Å². The molecule has 0 saturated heterocycles. The molecule has 0 spiro atoms. The van der Waals surface area contributed by atoms with Gasteiger partial charge in [0.25, 0.3) is 0 Å². The summed E-state index contributed by atoms with van der Waals surface area (Å²) in [5.74, 6) is -0.00995. The molecule has 0 aliphatic heterocycles. The summed E-state index contributed by atoms with van der Waals surface area (Å²) < 4.78 is 34.8. The lowest BCUT2D eigenvalue weighted by atomic mass is 10.0. The Morgan fingerprint density at radius 2 is 1.71 bits per heavy atom. The van der Waals surface area contributed by atoms with E-state index in [4.69, 9.17) is 9.47 Å². The second-order valence-corrected chi connectivity index (χ2v) is 7.15. The maximum absolute atomic E-state index is 12.0. The van der Waals surface area contributed by atoms with Gasteiger partial charge in [0.1, 0.15) is 22.1 Å². The number of carbonyl (C=O) groups is 1. The topological polar surface area (TPSA) is 89.9 Å². The van der Waals surface area contributed by atoms with Crippen molar-refractivity contribution in [2.45, 2.75) is 18.2 Å². The van der Waals surface area contributed by atoms with Crippen molar-refractivity contribution in [2.75, 3.05) is 13.4 Å². The predicted molar refractivity (Wildman–Crippen MR) is 89.0 cm³/mol. The van der Waals surface area contributed by atoms with Crippen LogP contribution in [-0.4, -0.2) is 32.9 Å². The van der Waals surface area contributed by atoms with Gasteiger partial charge in [-0.3, -0.25) is 0 Å². The second-order valence-electron chi connectivity index (χ2n) is 5.16. The van der Waals surface area contributed by atoms with Crippen molar-refractivity contribution < 1.29 is 27.8 Å². The molecule has 0 aliphatic carbocycles. The van der Waals surface area contributed by atoms with E-state index in [2.05, 4.69) is 0 Å². The van der Waals surface area contributed by atoms with Crippen molar-refractivity contribution in [3.63, 3.8) is 0 Å². The molecule has 128 valence electrons. The monoisotopic (exact) mass is 350 g/mol. The number of carboxylic acids is 1. The number of methoxy groups -OCH3 is 1. The number of hydrogen-bond donors (Lipinski definition) is 1. The molecule has 2 aromatic carbocycles. The fourth-order valence-electron chi connectivity index (χ4n) is 2.23. The maximum Gasteiger partial charge on any atom is 0.336 e. The van der Waals surface area contributed by atoms with Gasteiger partial charge in [0.05, 0.1) is 12.7 Å². The number of hydrogen-bond acceptors (Lipinski definition) is 5. The van der Waals surface area contributed by atoms with E-state index < -0.39 is 15.8 Å². The van der Waals surface area contributed by atoms with Crippen LogP contribution in [0.1, 0.15) is 22.8 Å². The highest BCUT2D eigenvalue weighted by Gasteiger charge is 2.21. The lowest BCUT2D eigenvalue weighted by Crippen LogP contribution is -2.08. The first-order valence-electron chi connectivity index (χ1n) is 7.18. The SMILES string of the molecule is CCc1cc(Oc2ccc(OC)cc2)c(S(C)(=O)=O)cc1C(=O)O. The van der Waals surface area contributed by atoms with Gasteiger partial charge in [-0.25, -0.2) is 13.2 Å². The van der Waals surface area contributed by atoms with Crippen LogP contribution in [0.2, 0.25) is 0 Å². The Morgan fingerprint density at radius 1 is 1.12 bits per heavy atom. The number of rotatable bonds is 6. The van der Waals surface area contributed by atoms with E-state index in [1.165, 1.54) is 13.2 Å². The molecule has 0 atom stereocenters. The Morgan fingerprint density at radius 3 is 2.17 bits per heavy atom. The summed E-state index contributed by atoms with van der Waals surface area (Å²) in [4.78, 5) is 11.2. The summed E-state index contributed by atoms with van der Waals surface area (Å²) in [5.41, 5.74) is 0.457. The molecule has 0 bridgehead atoms. The summed E-state index contributed by atoms with van der Waals surface area (Å²) in [5, 5.41) is 9.28. The van der Waals surface area contributed by atoms with Crippen LogP contribution in [0.15, 0.2) is 41.3 Å². The molecule has 6 nitrogen and oxygen atoms in total. The molecule has 0 heterocycles. The van der Waals surface area contributed by atoms with Crippen molar-refractivity contribution in [3.05, 3.63) is 47.5 Å². The van der Waals surface area contributed by atoms with Crippen molar-refractivity contribution in [1.82, 2.24) is 0 Å². The van der Waals surface area contributed by atoms with Gasteiger partial charge in [-0.1, -0.05) is 6.92 Å². The molecular weight excluding hydrogens is 332 g/mol. The zero-order valence-corrected chi connectivity index (χ0v) is 14.4. The second kappa shape index (κ2) is 6.92. The highest BCUT2D eigenvalue weighted by molar-refractivity contribution is 7.90. The van der Waals surface area contributed by atoms with Gasteiger partial charge < -0.3 is 14.6 Å². The average molecular weight is 350 g/mol. The Balaban J connectivity index is 2.56. The van der Waals surface area contributed by atoms with Crippen molar-refractivity contribution in [3.8, 4) is 17.2 Å². The first-order valence-corrected chi connectivity index (χ1v) is 9.07. The van der Waals surface area contributed by atoms with Crippen LogP contribution >= 0.6 is 0 Å². The molecule has 1 N–H and O–H groups in total. The molecule has 2 aromatic rings. The highest BCUT2D eigenvalue weighted by Crippen LogP contribution is 2.33. The standard InChI is InChI=1S/C17H18O6S/c1-4-11-9-15(23-13-7-5-12(22-2)6-8-13)16(24(3,20)21)10-14(11)17(18)19/h5-10H,4H2,1-3H3,(H,18,19). The van der Waals surface area contributed by atoms with E-state index in [9.17, 15) is 18.3 Å². The molecule has 0 aliphatic rings. The minimum absolute atomic E-state index is 0.0417. The number of carboxylic acid groups (broad SMARTS) is 1. The summed E-state index contributed by atoms with van der Waals surface area (Å²) in [6.45, 7) is 1.79. The lowest BCUT2D eigenvalue weighted by molar-refractivity contribution is 0.0695. The fraction of sp³-hybridized carbons (Fsp3) is 0.235. The van der Waals surface area contributed by atoms with E-state index in [-0.39, 0.29) is 16.2 Å². The van der Waals surface area contributed by atoms with E-state index in [0.717, 1.165) is 12.3 Å². The Hall–Kier alpha value is -2.54. The van der Waals surface area contributed by atoms with Crippen LogP contribution < -0.4 is 9.47 Å². The van der Waals surface area contributed by atoms with Gasteiger partial charge in [0.2, 0.25) is 0 Å². The van der Waals surface area contributed by atoms with E-state index in [1.54, 1.807) is 31.2 Å². The lowest BCUT2D eigenvalue weighted by Gasteiger charge is -2.14. The van der Waals surface area contributed by atoms with Gasteiger partial charge >= 0.3 is 5.97 Å². The van der Waals surface area contributed by atoms with Gasteiger partial charge in [-0.05, 0) is 48.4 Å². The van der Waals surface area contributed by atoms with E-state index in [0.29, 0.717) is 23.5 Å². The smallest absolute Gasteiger partial charge is 0.336 e. The van der Waals surface area contributed by atoms with Crippen LogP contribution in [-0.2, 0) is 16.3 Å². The highest BCUT2D eigenvalue weighted by atomic mass is 32.2. The van der Waals surface area contributed by atoms with Crippen LogP contribution in [0.3, 0.4) is 0 Å². The minimum Gasteiger partial charge on any atom is -0.497 e. The molecule has 0 radical (unpaired) electrons. The Bertz CT molecular complexity index is 853. The number of sulfone groups is 1. The largest absolute Gasteiger partial charge is 0.497 e. The molecule has 24 heavy (non-hydrogen) atoms. The third kappa shape index (κ3) is 3.86. The Kier molecular flexibility index (Phi) is 5.14. The Labute approximate surface area is 140 Å². The van der Waals surface area contributed by atoms with Gasteiger partial charge in [-0.2, -0.15) is 0 Å². The quantitative estimate of drug-likeness (QED) is 0.861. The van der Waals surface area contributed by atoms with Crippen molar-refractivity contribution in [2.24, 2.45) is 0 Å². The van der Waals surface area contributed by atoms with Crippen molar-refractivity contribution in [1.29, 1.82) is 0 Å². The van der Waals surface area contributed by atoms with Crippen LogP contribution in [0.4, 0.5) is 0 Å². The summed E-state index contributed by atoms with van der Waals surface area (Å²) >= 11 is 0. The summed E-state index contributed by atoms with van der Waals surface area (Å²) in [7, 11) is -2.12. The molecule has 7 heteroatoms. The molecule has 0 amide bonds. The first kappa shape index (κ1) is 17.8. The van der Waals surface area contributed by atoms with Crippen LogP contribution in [0, 0.1) is 0 Å². The predicted octanol–water partition coefficient (Wildman–Crippen LogP) is 3.15. The van der Waals surface area contributed by atoms with Crippen LogP contribution in [0.25, 0.3) is 0 Å². The zero-order valence-electron chi connectivity index (χ0n) is 13.6. The minimum atomic E-state index is -3.66. The van der Waals surface area contributed by atoms with Crippen molar-refractivity contribution >= 4 is 15.8 Å². The number of aryl methyl sites for hydroxylation is 1. The molecule has 0 saturated carbocycles. The van der Waals surface area contributed by atoms with E-state index >= 15 is 0 Å². The summed E-state index contributed by atoms with van der Waals surface area (Å²) in [6.07, 6.45) is 1.45. The molecule has 0 aromatic heterocycles. The molecule has 0 unspecified atom stereocenters. The normalized spacial score (nSPS) is 11.1. The number of aromatic carboxylic acids is 1. The van der Waals surface area contributed by atoms with E-state index in [1.807, 2.05) is 0 Å². The van der Waals surface area contributed by atoms with Gasteiger partial charge in [0.15, 0.2) is 9.84 Å². The zero-order chi connectivity index (χ0) is 17.9. The molecular formula is C17H18O6S. The maximum atomic E-state index is 12.0. The number of benzene rings is 2. The third-order valence-electron chi connectivity index (χ3n) is 3.47. The van der Waals surface area contributed by atoms with Gasteiger partial charge in [-0.15, -0.1) is 0 Å². The fourth-order valence-corrected chi connectivity index (χ4v) is 3.03. The third-order valence-corrected chi connectivity index (χ3v) is 4.59. The molecule has 2 rings (SSSR count).